The topological polar surface area (TPSA) is 56.2 Å². The molecule has 0 aromatic heterocycles. The third kappa shape index (κ3) is 5.27. The summed E-state index contributed by atoms with van der Waals surface area (Å²) < 4.78 is 13.3. The highest BCUT2D eigenvalue weighted by molar-refractivity contribution is 8.18. The largest absolute Gasteiger partial charge is 0.341 e. The van der Waals surface area contributed by atoms with Crippen LogP contribution in [0.25, 0.3) is 0 Å². The minimum atomic E-state index is -0.655. The van der Waals surface area contributed by atoms with Gasteiger partial charge < -0.3 is 14.7 Å². The molecule has 0 aliphatic carbocycles. The molecule has 4 aliphatic heterocycles. The Balaban J connectivity index is 1.39. The monoisotopic (exact) mass is 642 g/mol. The maximum atomic E-state index is 14.5. The number of carbonyl (C=O) groups excluding carboxylic acids is 2. The van der Waals surface area contributed by atoms with E-state index < -0.39 is 18.3 Å². The lowest BCUT2D eigenvalue weighted by atomic mass is 9.81. The van der Waals surface area contributed by atoms with Crippen LogP contribution in [-0.4, -0.2) is 63.5 Å². The van der Waals surface area contributed by atoms with Crippen molar-refractivity contribution in [1.82, 2.24) is 14.7 Å². The minimum absolute atomic E-state index is 0.0115. The molecular formula is C33H37Cl2FN4O2S. The van der Waals surface area contributed by atoms with Crippen LogP contribution in [0.1, 0.15) is 64.1 Å². The molecule has 4 heterocycles. The first kappa shape index (κ1) is 30.5. The van der Waals surface area contributed by atoms with E-state index in [4.69, 9.17) is 28.2 Å². The summed E-state index contributed by atoms with van der Waals surface area (Å²) in [4.78, 5) is 39.9. The third-order valence-electron chi connectivity index (χ3n) is 9.37. The van der Waals surface area contributed by atoms with Crippen molar-refractivity contribution in [2.24, 2.45) is 16.8 Å². The smallest absolute Gasteiger partial charge is 0.263 e. The molecule has 2 aromatic carbocycles. The van der Waals surface area contributed by atoms with Crippen LogP contribution in [0.2, 0.25) is 10.0 Å². The number of carbonyl (C=O) groups is 2. The van der Waals surface area contributed by atoms with Crippen LogP contribution in [0.5, 0.6) is 0 Å². The molecule has 0 radical (unpaired) electrons. The van der Waals surface area contributed by atoms with Crippen LogP contribution in [0.3, 0.4) is 0 Å². The molecule has 6 nitrogen and oxygen atoms in total. The Hall–Kier alpha value is -2.55. The number of thioether (sulfide) groups is 1. The Morgan fingerprint density at radius 3 is 2.30 bits per heavy atom. The van der Waals surface area contributed by atoms with Crippen molar-refractivity contribution in [2.45, 2.75) is 70.6 Å². The number of rotatable bonds is 6. The van der Waals surface area contributed by atoms with Crippen molar-refractivity contribution in [3.63, 3.8) is 0 Å². The number of halogens is 3. The van der Waals surface area contributed by atoms with Gasteiger partial charge in [-0.3, -0.25) is 14.0 Å². The molecule has 2 saturated heterocycles. The van der Waals surface area contributed by atoms with E-state index in [1.807, 2.05) is 55.5 Å². The molecule has 2 aromatic rings. The van der Waals surface area contributed by atoms with Crippen LogP contribution >= 0.6 is 35.0 Å². The number of likely N-dealkylation sites (tertiary alicyclic amines) is 2. The molecule has 2 unspecified atom stereocenters. The number of amides is 2. The van der Waals surface area contributed by atoms with Crippen LogP contribution in [0.4, 0.5) is 4.39 Å². The average Bonchev–Trinajstić information content (AvgIpc) is 3.75. The number of benzene rings is 2. The van der Waals surface area contributed by atoms with E-state index in [-0.39, 0.29) is 35.7 Å². The molecule has 2 fully saturated rings. The predicted molar refractivity (Wildman–Crippen MR) is 172 cm³/mol. The zero-order valence-corrected chi connectivity index (χ0v) is 27.2. The Bertz CT molecular complexity index is 1480. The molecule has 10 heteroatoms. The second-order valence-electron chi connectivity index (χ2n) is 12.6. The van der Waals surface area contributed by atoms with Crippen molar-refractivity contribution < 1.29 is 14.0 Å². The fourth-order valence-corrected chi connectivity index (χ4v) is 8.72. The second kappa shape index (κ2) is 11.8. The molecular weight excluding hydrogens is 606 g/mol. The lowest BCUT2D eigenvalue weighted by Crippen LogP contribution is -2.49. The molecule has 4 aliphatic rings. The van der Waals surface area contributed by atoms with Gasteiger partial charge in [-0.15, -0.1) is 0 Å². The number of allylic oxidation sites excluding steroid dienone is 1. The molecule has 2 amide bonds. The summed E-state index contributed by atoms with van der Waals surface area (Å²) in [5.74, 6) is -0.288. The fraction of sp³-hybridized carbons (Fsp3) is 0.485. The average molecular weight is 644 g/mol. The summed E-state index contributed by atoms with van der Waals surface area (Å²) in [6, 6.07) is 14.8. The van der Waals surface area contributed by atoms with Crippen molar-refractivity contribution in [1.29, 1.82) is 0 Å². The maximum Gasteiger partial charge on any atom is 0.263 e. The summed E-state index contributed by atoms with van der Waals surface area (Å²) in [6.07, 6.45) is 2.04. The number of hydrogen-bond donors (Lipinski definition) is 0. The van der Waals surface area contributed by atoms with Gasteiger partial charge in [-0.25, -0.2) is 4.99 Å². The van der Waals surface area contributed by atoms with Crippen molar-refractivity contribution in [3.05, 3.63) is 80.3 Å². The van der Waals surface area contributed by atoms with Gasteiger partial charge in [0.25, 0.3) is 5.91 Å². The maximum absolute atomic E-state index is 14.5. The van der Waals surface area contributed by atoms with E-state index in [0.717, 1.165) is 28.4 Å². The molecule has 43 heavy (non-hydrogen) atoms. The highest BCUT2D eigenvalue weighted by Gasteiger charge is 2.54. The Morgan fingerprint density at radius 1 is 1.05 bits per heavy atom. The van der Waals surface area contributed by atoms with Crippen LogP contribution in [0, 0.1) is 11.8 Å². The van der Waals surface area contributed by atoms with Gasteiger partial charge in [0.2, 0.25) is 5.91 Å². The van der Waals surface area contributed by atoms with E-state index in [1.165, 1.54) is 11.8 Å². The van der Waals surface area contributed by atoms with Crippen LogP contribution in [0.15, 0.2) is 64.1 Å². The lowest BCUT2D eigenvalue weighted by molar-refractivity contribution is -0.142. The predicted octanol–water partition coefficient (Wildman–Crippen LogP) is 7.43. The van der Waals surface area contributed by atoms with Gasteiger partial charge >= 0.3 is 0 Å². The molecule has 6 rings (SSSR count). The number of alkyl halides is 1. The number of nitrogens with zero attached hydrogens (tertiary/aromatic N) is 4. The summed E-state index contributed by atoms with van der Waals surface area (Å²) in [5.41, 5.74) is 2.31. The first-order valence-corrected chi connectivity index (χ1v) is 16.6. The van der Waals surface area contributed by atoms with Crippen molar-refractivity contribution >= 4 is 51.9 Å². The normalized spacial score (nSPS) is 28.7. The quantitative estimate of drug-likeness (QED) is 0.329. The summed E-state index contributed by atoms with van der Waals surface area (Å²) in [7, 11) is 0. The molecule has 5 atom stereocenters. The second-order valence-corrected chi connectivity index (χ2v) is 14.4. The Labute approximate surface area is 267 Å². The van der Waals surface area contributed by atoms with Gasteiger partial charge in [0.15, 0.2) is 5.17 Å². The van der Waals surface area contributed by atoms with Gasteiger partial charge in [-0.1, -0.05) is 61.3 Å². The van der Waals surface area contributed by atoms with Crippen LogP contribution in [-0.2, 0) is 15.1 Å². The van der Waals surface area contributed by atoms with Gasteiger partial charge in [0, 0.05) is 40.8 Å². The number of hydrogen-bond acceptors (Lipinski definition) is 5. The van der Waals surface area contributed by atoms with Gasteiger partial charge in [0.05, 0.1) is 12.7 Å². The molecule has 0 bridgehead atoms. The Kier molecular flexibility index (Phi) is 8.33. The van der Waals surface area contributed by atoms with Gasteiger partial charge in [-0.05, 0) is 86.2 Å². The Morgan fingerprint density at radius 2 is 1.70 bits per heavy atom. The molecule has 0 N–H and O–H groups in total. The van der Waals surface area contributed by atoms with Crippen LogP contribution < -0.4 is 0 Å². The lowest BCUT2D eigenvalue weighted by Gasteiger charge is -2.37. The number of aliphatic imine (C=N–C) groups is 1. The fourth-order valence-electron chi connectivity index (χ4n) is 7.12. The summed E-state index contributed by atoms with van der Waals surface area (Å²) in [6.45, 7) is 8.89. The van der Waals surface area contributed by atoms with Gasteiger partial charge in [0.1, 0.15) is 16.5 Å². The first-order chi connectivity index (χ1) is 20.5. The van der Waals surface area contributed by atoms with E-state index in [9.17, 15) is 14.0 Å². The zero-order valence-electron chi connectivity index (χ0n) is 24.9. The van der Waals surface area contributed by atoms with E-state index in [1.54, 1.807) is 9.80 Å². The zero-order chi connectivity index (χ0) is 30.6. The molecule has 0 spiro atoms. The molecule has 0 saturated carbocycles. The highest BCUT2D eigenvalue weighted by atomic mass is 35.5. The van der Waals surface area contributed by atoms with E-state index in [2.05, 4.69) is 25.7 Å². The van der Waals surface area contributed by atoms with E-state index in [0.29, 0.717) is 40.9 Å². The van der Waals surface area contributed by atoms with E-state index >= 15 is 0 Å². The molecule has 228 valence electrons. The number of fused-ring (bicyclic) bond motifs is 1. The SMILES string of the molecule is CC(C)C1=C(C(=O)N2C(C(=O)N3CC[C@@H](CF)C3)CC[C@H]2C)SC2=NC(C)(c3ccc(Cl)cc3)[C@@H](c3ccc(Cl)cc3)N21. The number of amidine groups is 1. The summed E-state index contributed by atoms with van der Waals surface area (Å²) in [5, 5.41) is 2.07. The van der Waals surface area contributed by atoms with Crippen molar-refractivity contribution in [2.75, 3.05) is 19.8 Å². The standard InChI is InChI=1S/C33H37Cl2FN4O2S/c1-19(2)27-28(31(42)39-20(3)5-14-26(39)30(41)38-16-15-21(17-36)18-38)43-32-37-33(4,23-8-12-25(35)13-9-23)29(40(27)32)22-6-10-24(34)11-7-22/h6-13,19-21,26,29H,5,14-18H2,1-4H3/t20-,21+,26?,29-,33?/m1/s1. The third-order valence-corrected chi connectivity index (χ3v) is 10.9. The highest BCUT2D eigenvalue weighted by Crippen LogP contribution is 2.56. The first-order valence-electron chi connectivity index (χ1n) is 15.0. The summed E-state index contributed by atoms with van der Waals surface area (Å²) >= 11 is 14.0. The van der Waals surface area contributed by atoms with Crippen molar-refractivity contribution in [3.8, 4) is 0 Å². The van der Waals surface area contributed by atoms with Gasteiger partial charge in [-0.2, -0.15) is 0 Å². The minimum Gasteiger partial charge on any atom is -0.341 e.